The Morgan fingerprint density at radius 1 is 1.09 bits per heavy atom. The minimum absolute atomic E-state index is 0.278. The fourth-order valence-corrected chi connectivity index (χ4v) is 3.93. The van der Waals surface area contributed by atoms with E-state index in [4.69, 9.17) is 19.2 Å². The summed E-state index contributed by atoms with van der Waals surface area (Å²) in [6.45, 7) is 1.57. The number of carbonyl (C=O) groups excluding carboxylic acids is 1. The van der Waals surface area contributed by atoms with Gasteiger partial charge in [0.15, 0.2) is 23.4 Å². The number of hydrogen-bond donors (Lipinski definition) is 0. The second kappa shape index (κ2) is 10.5. The first-order valence-corrected chi connectivity index (χ1v) is 11.5. The van der Waals surface area contributed by atoms with Gasteiger partial charge in [0.05, 0.1) is 31.3 Å². The summed E-state index contributed by atoms with van der Waals surface area (Å²) in [5, 5.41) is 4.93. The number of halogens is 1. The number of carbonyl (C=O) groups is 1. The molecule has 0 amide bonds. The van der Waals surface area contributed by atoms with Crippen LogP contribution < -0.4 is 15.0 Å². The maximum Gasteiger partial charge on any atom is 0.346 e. The van der Waals surface area contributed by atoms with Gasteiger partial charge in [-0.05, 0) is 31.2 Å². The van der Waals surface area contributed by atoms with Gasteiger partial charge in [-0.1, -0.05) is 58.4 Å². The third kappa shape index (κ3) is 5.09. The molecule has 0 bridgehead atoms. The summed E-state index contributed by atoms with van der Waals surface area (Å²) in [5.41, 5.74) is 1.46. The maximum atomic E-state index is 13.4. The lowest BCUT2D eigenvalue weighted by Gasteiger charge is -2.17. The Morgan fingerprint density at radius 3 is 2.51 bits per heavy atom. The molecule has 0 spiro atoms. The standard InChI is InChI=1S/C26H22BrN3O5/c1-16(26(32)34-3)35-23-18(13-19(27)14-22(23)33-2)15-28-30-24(17-9-5-4-6-10-17)29-21-12-8-7-11-20(21)25(30)31/h4-16H,1-3H3/t16-/m1/s1. The number of esters is 1. The number of para-hydroxylation sites is 1. The average molecular weight is 536 g/mol. The molecule has 0 radical (unpaired) electrons. The lowest BCUT2D eigenvalue weighted by Crippen LogP contribution is -2.25. The van der Waals surface area contributed by atoms with Gasteiger partial charge in [-0.2, -0.15) is 9.78 Å². The van der Waals surface area contributed by atoms with Gasteiger partial charge in [-0.3, -0.25) is 4.79 Å². The molecule has 0 saturated heterocycles. The van der Waals surface area contributed by atoms with Crippen molar-refractivity contribution in [1.82, 2.24) is 9.66 Å². The van der Waals surface area contributed by atoms with E-state index >= 15 is 0 Å². The van der Waals surface area contributed by atoms with Crippen LogP contribution in [0.5, 0.6) is 11.5 Å². The van der Waals surface area contributed by atoms with E-state index < -0.39 is 12.1 Å². The molecule has 0 aliphatic carbocycles. The predicted molar refractivity (Wildman–Crippen MR) is 137 cm³/mol. The summed E-state index contributed by atoms with van der Waals surface area (Å²) >= 11 is 3.45. The highest BCUT2D eigenvalue weighted by molar-refractivity contribution is 9.10. The minimum atomic E-state index is -0.896. The van der Waals surface area contributed by atoms with Crippen molar-refractivity contribution in [3.63, 3.8) is 0 Å². The van der Waals surface area contributed by atoms with E-state index in [-0.39, 0.29) is 11.3 Å². The Kier molecular flexibility index (Phi) is 7.26. The second-order valence-corrected chi connectivity index (χ2v) is 8.41. The quantitative estimate of drug-likeness (QED) is 0.252. The van der Waals surface area contributed by atoms with Crippen LogP contribution in [-0.2, 0) is 9.53 Å². The highest BCUT2D eigenvalue weighted by atomic mass is 79.9. The van der Waals surface area contributed by atoms with Crippen LogP contribution in [0.4, 0.5) is 0 Å². The van der Waals surface area contributed by atoms with Crippen molar-refractivity contribution in [1.29, 1.82) is 0 Å². The fourth-order valence-electron chi connectivity index (χ4n) is 3.48. The smallest absolute Gasteiger partial charge is 0.346 e. The molecular weight excluding hydrogens is 514 g/mol. The largest absolute Gasteiger partial charge is 0.493 e. The molecular formula is C26H22BrN3O5. The molecule has 1 atom stereocenters. The number of fused-ring (bicyclic) bond motifs is 1. The lowest BCUT2D eigenvalue weighted by atomic mass is 10.2. The van der Waals surface area contributed by atoms with E-state index in [9.17, 15) is 9.59 Å². The van der Waals surface area contributed by atoms with Crippen LogP contribution in [-0.4, -0.2) is 42.2 Å². The average Bonchev–Trinajstić information content (AvgIpc) is 2.89. The molecule has 1 heterocycles. The first-order chi connectivity index (χ1) is 16.9. The van der Waals surface area contributed by atoms with Crippen molar-refractivity contribution < 1.29 is 19.0 Å². The SMILES string of the molecule is COC(=O)[C@@H](C)Oc1c(C=Nn2c(-c3ccccc3)nc3ccccc3c2=O)cc(Br)cc1OC. The highest BCUT2D eigenvalue weighted by Crippen LogP contribution is 2.35. The third-order valence-corrected chi connectivity index (χ3v) is 5.65. The highest BCUT2D eigenvalue weighted by Gasteiger charge is 2.20. The van der Waals surface area contributed by atoms with Gasteiger partial charge in [0, 0.05) is 15.6 Å². The molecule has 9 heteroatoms. The van der Waals surface area contributed by atoms with E-state index in [1.165, 1.54) is 25.1 Å². The Balaban J connectivity index is 1.89. The van der Waals surface area contributed by atoms with Crippen molar-refractivity contribution in [3.8, 4) is 22.9 Å². The van der Waals surface area contributed by atoms with Crippen LogP contribution in [0, 0.1) is 0 Å². The van der Waals surface area contributed by atoms with Crippen molar-refractivity contribution in [2.24, 2.45) is 5.10 Å². The normalized spacial score (nSPS) is 12.0. The summed E-state index contributed by atoms with van der Waals surface area (Å²) in [7, 11) is 2.78. The predicted octanol–water partition coefficient (Wildman–Crippen LogP) is 4.66. The lowest BCUT2D eigenvalue weighted by molar-refractivity contribution is -0.147. The second-order valence-electron chi connectivity index (χ2n) is 7.49. The summed E-state index contributed by atoms with van der Waals surface area (Å²) < 4.78 is 18.0. The van der Waals surface area contributed by atoms with Crippen molar-refractivity contribution in [3.05, 3.63) is 87.1 Å². The van der Waals surface area contributed by atoms with Gasteiger partial charge in [0.25, 0.3) is 5.56 Å². The number of nitrogens with zero attached hydrogens (tertiary/aromatic N) is 3. The summed E-state index contributed by atoms with van der Waals surface area (Å²) in [6, 6.07) is 19.9. The Hall–Kier alpha value is -3.98. The molecule has 3 aromatic carbocycles. The summed E-state index contributed by atoms with van der Waals surface area (Å²) in [6.07, 6.45) is 0.573. The van der Waals surface area contributed by atoms with Crippen LogP contribution in [0.1, 0.15) is 12.5 Å². The zero-order valence-electron chi connectivity index (χ0n) is 19.3. The van der Waals surface area contributed by atoms with Crippen LogP contribution in [0.15, 0.2) is 81.1 Å². The maximum absolute atomic E-state index is 13.4. The molecule has 0 aliphatic rings. The number of aromatic nitrogens is 2. The number of methoxy groups -OCH3 is 2. The Labute approximate surface area is 209 Å². The van der Waals surface area contributed by atoms with Crippen LogP contribution in [0.25, 0.3) is 22.3 Å². The number of rotatable bonds is 7. The molecule has 178 valence electrons. The first-order valence-electron chi connectivity index (χ1n) is 10.7. The van der Waals surface area contributed by atoms with Gasteiger partial charge >= 0.3 is 5.97 Å². The molecule has 1 aromatic heterocycles. The van der Waals surface area contributed by atoms with Crippen molar-refractivity contribution >= 4 is 39.0 Å². The van der Waals surface area contributed by atoms with E-state index in [2.05, 4.69) is 21.0 Å². The molecule has 4 rings (SSSR count). The molecule has 35 heavy (non-hydrogen) atoms. The van der Waals surface area contributed by atoms with Crippen LogP contribution >= 0.6 is 15.9 Å². The minimum Gasteiger partial charge on any atom is -0.493 e. The van der Waals surface area contributed by atoms with Gasteiger partial charge in [-0.25, -0.2) is 9.78 Å². The topological polar surface area (TPSA) is 92.0 Å². The van der Waals surface area contributed by atoms with E-state index in [1.807, 2.05) is 36.4 Å². The third-order valence-electron chi connectivity index (χ3n) is 5.19. The number of ether oxygens (including phenoxy) is 3. The molecule has 0 N–H and O–H groups in total. The fraction of sp³-hybridized carbons (Fsp3) is 0.154. The monoisotopic (exact) mass is 535 g/mol. The van der Waals surface area contributed by atoms with Crippen LogP contribution in [0.2, 0.25) is 0 Å². The van der Waals surface area contributed by atoms with Gasteiger partial charge in [0.1, 0.15) is 0 Å². The van der Waals surface area contributed by atoms with Gasteiger partial charge in [-0.15, -0.1) is 0 Å². The van der Waals surface area contributed by atoms with E-state index in [0.717, 1.165) is 5.56 Å². The molecule has 0 fully saturated rings. The molecule has 4 aromatic rings. The summed E-state index contributed by atoms with van der Waals surface area (Å²) in [4.78, 5) is 30.1. The summed E-state index contributed by atoms with van der Waals surface area (Å²) in [5.74, 6) is 0.501. The Bertz CT molecular complexity index is 1470. The zero-order valence-corrected chi connectivity index (χ0v) is 20.9. The zero-order chi connectivity index (χ0) is 24.9. The van der Waals surface area contributed by atoms with Gasteiger partial charge in [0.2, 0.25) is 0 Å². The Morgan fingerprint density at radius 2 is 1.80 bits per heavy atom. The number of benzene rings is 3. The van der Waals surface area contributed by atoms with Gasteiger partial charge < -0.3 is 14.2 Å². The first kappa shape index (κ1) is 24.2. The van der Waals surface area contributed by atoms with Crippen molar-refractivity contribution in [2.75, 3.05) is 14.2 Å². The van der Waals surface area contributed by atoms with Crippen LogP contribution in [0.3, 0.4) is 0 Å². The molecule has 0 unspecified atom stereocenters. The van der Waals surface area contributed by atoms with E-state index in [1.54, 1.807) is 37.3 Å². The molecule has 0 aliphatic heterocycles. The molecule has 0 saturated carbocycles. The molecule has 8 nitrogen and oxygen atoms in total. The number of hydrogen-bond acceptors (Lipinski definition) is 7. The van der Waals surface area contributed by atoms with E-state index in [0.29, 0.717) is 32.5 Å². The van der Waals surface area contributed by atoms with Crippen molar-refractivity contribution in [2.45, 2.75) is 13.0 Å².